The molecule has 0 aliphatic carbocycles. The molecule has 1 aromatic carbocycles. The van der Waals surface area contributed by atoms with E-state index in [1.54, 1.807) is 11.0 Å². The molecule has 0 bridgehead atoms. The van der Waals surface area contributed by atoms with Gasteiger partial charge in [0.15, 0.2) is 0 Å². The normalized spacial score (nSPS) is 15.4. The Hall–Kier alpha value is -0.810. The van der Waals surface area contributed by atoms with Crippen LogP contribution in [0.2, 0.25) is 0 Å². The first-order valence-corrected chi connectivity index (χ1v) is 5.13. The lowest BCUT2D eigenvalue weighted by Crippen LogP contribution is -2.36. The molecule has 0 amide bonds. The Kier molecular flexibility index (Phi) is 2.88. The molecule has 0 saturated carbocycles. The number of benzene rings is 1. The standard InChI is InChI=1S/C9H10F2N2S/c10-3-4-13-6-12-14-9-2-1-7(11)5-8(9)13/h1-2,5,12H,3-4,6H2. The van der Waals surface area contributed by atoms with Gasteiger partial charge in [-0.15, -0.1) is 0 Å². The van der Waals surface area contributed by atoms with Crippen LogP contribution >= 0.6 is 11.9 Å². The van der Waals surface area contributed by atoms with E-state index >= 15 is 0 Å². The predicted molar refractivity (Wildman–Crippen MR) is 53.6 cm³/mol. The summed E-state index contributed by atoms with van der Waals surface area (Å²) in [5.41, 5.74) is 0.770. The lowest BCUT2D eigenvalue weighted by Gasteiger charge is -2.30. The van der Waals surface area contributed by atoms with Crippen LogP contribution in [-0.2, 0) is 0 Å². The molecule has 1 heterocycles. The summed E-state index contributed by atoms with van der Waals surface area (Å²) in [6.45, 7) is 0.414. The van der Waals surface area contributed by atoms with E-state index < -0.39 is 6.67 Å². The number of halogens is 2. The fourth-order valence-electron chi connectivity index (χ4n) is 1.40. The van der Waals surface area contributed by atoms with Crippen LogP contribution in [0.15, 0.2) is 23.1 Å². The largest absolute Gasteiger partial charge is 0.354 e. The summed E-state index contributed by atoms with van der Waals surface area (Å²) >= 11 is 1.45. The number of nitrogens with zero attached hydrogens (tertiary/aromatic N) is 1. The minimum Gasteiger partial charge on any atom is -0.354 e. The summed E-state index contributed by atoms with van der Waals surface area (Å²) in [6.07, 6.45) is 0. The number of hydrogen-bond donors (Lipinski definition) is 1. The van der Waals surface area contributed by atoms with Crippen LogP contribution in [0.4, 0.5) is 14.5 Å². The Morgan fingerprint density at radius 1 is 1.50 bits per heavy atom. The first kappa shape index (κ1) is 9.73. The van der Waals surface area contributed by atoms with Crippen LogP contribution in [0.3, 0.4) is 0 Å². The first-order valence-electron chi connectivity index (χ1n) is 4.31. The summed E-state index contributed by atoms with van der Waals surface area (Å²) in [6, 6.07) is 4.55. The molecule has 1 N–H and O–H groups in total. The van der Waals surface area contributed by atoms with Gasteiger partial charge in [-0.3, -0.25) is 0 Å². The zero-order chi connectivity index (χ0) is 9.97. The second-order valence-electron chi connectivity index (χ2n) is 2.97. The summed E-state index contributed by atoms with van der Waals surface area (Å²) in [5.74, 6) is -0.282. The zero-order valence-electron chi connectivity index (χ0n) is 7.46. The van der Waals surface area contributed by atoms with Crippen LogP contribution in [-0.4, -0.2) is 19.9 Å². The molecule has 0 radical (unpaired) electrons. The van der Waals surface area contributed by atoms with E-state index in [9.17, 15) is 8.78 Å². The van der Waals surface area contributed by atoms with Gasteiger partial charge in [-0.25, -0.2) is 13.5 Å². The lowest BCUT2D eigenvalue weighted by molar-refractivity contribution is 0.487. The van der Waals surface area contributed by atoms with Gasteiger partial charge in [0.2, 0.25) is 0 Å². The molecule has 0 unspecified atom stereocenters. The quantitative estimate of drug-likeness (QED) is 0.763. The van der Waals surface area contributed by atoms with Gasteiger partial charge in [-0.1, -0.05) is 0 Å². The predicted octanol–water partition coefficient (Wildman–Crippen LogP) is 2.17. The second kappa shape index (κ2) is 4.14. The summed E-state index contributed by atoms with van der Waals surface area (Å²) in [5, 5.41) is 0. The highest BCUT2D eigenvalue weighted by atomic mass is 32.2. The third kappa shape index (κ3) is 1.83. The highest BCUT2D eigenvalue weighted by Crippen LogP contribution is 2.32. The van der Waals surface area contributed by atoms with E-state index in [-0.39, 0.29) is 5.82 Å². The van der Waals surface area contributed by atoms with Crippen molar-refractivity contribution in [3.05, 3.63) is 24.0 Å². The second-order valence-corrected chi connectivity index (χ2v) is 3.90. The van der Waals surface area contributed by atoms with Crippen molar-refractivity contribution in [3.8, 4) is 0 Å². The van der Waals surface area contributed by atoms with Crippen molar-refractivity contribution in [2.45, 2.75) is 4.90 Å². The molecular formula is C9H10F2N2S. The molecule has 2 rings (SSSR count). The van der Waals surface area contributed by atoms with Gasteiger partial charge in [0.25, 0.3) is 0 Å². The molecule has 2 nitrogen and oxygen atoms in total. The molecule has 1 aliphatic rings. The first-order chi connectivity index (χ1) is 6.81. The van der Waals surface area contributed by atoms with Gasteiger partial charge in [-0.05, 0) is 30.1 Å². The van der Waals surface area contributed by atoms with Gasteiger partial charge in [0.05, 0.1) is 12.4 Å². The monoisotopic (exact) mass is 216 g/mol. The summed E-state index contributed by atoms with van der Waals surface area (Å²) < 4.78 is 28.2. The molecule has 14 heavy (non-hydrogen) atoms. The van der Waals surface area contributed by atoms with Gasteiger partial charge in [0.1, 0.15) is 12.5 Å². The molecule has 76 valence electrons. The number of nitrogens with one attached hydrogen (secondary N) is 1. The maximum atomic E-state index is 13.0. The maximum Gasteiger partial charge on any atom is 0.125 e. The smallest absolute Gasteiger partial charge is 0.125 e. The fraction of sp³-hybridized carbons (Fsp3) is 0.333. The van der Waals surface area contributed by atoms with Crippen LogP contribution in [0.25, 0.3) is 0 Å². The Bertz CT molecular complexity index is 333. The average Bonchev–Trinajstić information content (AvgIpc) is 2.19. The van der Waals surface area contributed by atoms with E-state index in [1.807, 2.05) is 0 Å². The van der Waals surface area contributed by atoms with E-state index in [4.69, 9.17) is 0 Å². The van der Waals surface area contributed by atoms with E-state index in [0.29, 0.717) is 13.2 Å². The van der Waals surface area contributed by atoms with Gasteiger partial charge < -0.3 is 4.90 Å². The zero-order valence-corrected chi connectivity index (χ0v) is 8.28. The van der Waals surface area contributed by atoms with Crippen molar-refractivity contribution in [2.75, 3.05) is 24.8 Å². The number of hydrogen-bond acceptors (Lipinski definition) is 3. The Morgan fingerprint density at radius 3 is 3.14 bits per heavy atom. The number of anilines is 1. The van der Waals surface area contributed by atoms with Crippen LogP contribution < -0.4 is 9.62 Å². The SMILES string of the molecule is FCCN1CNSc2ccc(F)cc21. The van der Waals surface area contributed by atoms with E-state index in [1.165, 1.54) is 24.1 Å². The third-order valence-electron chi connectivity index (χ3n) is 2.05. The molecule has 1 aliphatic heterocycles. The van der Waals surface area contributed by atoms with Crippen molar-refractivity contribution in [2.24, 2.45) is 0 Å². The Labute approximate surface area is 85.4 Å². The van der Waals surface area contributed by atoms with Crippen LogP contribution in [0.5, 0.6) is 0 Å². The van der Waals surface area contributed by atoms with E-state index in [0.717, 1.165) is 10.6 Å². The van der Waals surface area contributed by atoms with Crippen molar-refractivity contribution in [3.63, 3.8) is 0 Å². The Balaban J connectivity index is 2.32. The van der Waals surface area contributed by atoms with Gasteiger partial charge in [-0.2, -0.15) is 0 Å². The van der Waals surface area contributed by atoms with Crippen LogP contribution in [0.1, 0.15) is 0 Å². The van der Waals surface area contributed by atoms with E-state index in [2.05, 4.69) is 4.72 Å². The topological polar surface area (TPSA) is 15.3 Å². The van der Waals surface area contributed by atoms with Crippen molar-refractivity contribution in [1.82, 2.24) is 4.72 Å². The van der Waals surface area contributed by atoms with Crippen molar-refractivity contribution >= 4 is 17.6 Å². The Morgan fingerprint density at radius 2 is 2.36 bits per heavy atom. The highest BCUT2D eigenvalue weighted by Gasteiger charge is 2.17. The number of fused-ring (bicyclic) bond motifs is 1. The molecule has 0 spiro atoms. The number of rotatable bonds is 2. The minimum atomic E-state index is -0.428. The van der Waals surface area contributed by atoms with Crippen molar-refractivity contribution in [1.29, 1.82) is 0 Å². The number of alkyl halides is 1. The average molecular weight is 216 g/mol. The highest BCUT2D eigenvalue weighted by molar-refractivity contribution is 7.97. The fourth-order valence-corrected chi connectivity index (χ4v) is 2.20. The summed E-state index contributed by atoms with van der Waals surface area (Å²) in [7, 11) is 0. The summed E-state index contributed by atoms with van der Waals surface area (Å²) in [4.78, 5) is 2.72. The molecule has 0 fully saturated rings. The van der Waals surface area contributed by atoms with Crippen molar-refractivity contribution < 1.29 is 8.78 Å². The van der Waals surface area contributed by atoms with Crippen LogP contribution in [0, 0.1) is 5.82 Å². The molecule has 0 aromatic heterocycles. The minimum absolute atomic E-state index is 0.282. The van der Waals surface area contributed by atoms with Gasteiger partial charge >= 0.3 is 0 Å². The third-order valence-corrected chi connectivity index (χ3v) is 2.89. The molecule has 1 aromatic rings. The van der Waals surface area contributed by atoms with Gasteiger partial charge in [0, 0.05) is 11.4 Å². The molecule has 5 heteroatoms. The molecule has 0 saturated heterocycles. The lowest BCUT2D eigenvalue weighted by atomic mass is 10.3. The maximum absolute atomic E-state index is 13.0. The molecule has 0 atom stereocenters. The molecular weight excluding hydrogens is 206 g/mol.